The largest absolute Gasteiger partial charge is 0.534 e. The highest BCUT2D eigenvalue weighted by atomic mass is 32.2. The van der Waals surface area contributed by atoms with Crippen LogP contribution in [0.4, 0.5) is 47.3 Å². The molecule has 1 aromatic heterocycles. The lowest BCUT2D eigenvalue weighted by Crippen LogP contribution is -2.28. The van der Waals surface area contributed by atoms with Gasteiger partial charge in [0.1, 0.15) is 0 Å². The molecule has 0 spiro atoms. The number of fused-ring (bicyclic) bond motifs is 6. The first-order valence-electron chi connectivity index (χ1n) is 30.6. The van der Waals surface area contributed by atoms with Crippen LogP contribution in [0.2, 0.25) is 0 Å². The van der Waals surface area contributed by atoms with Crippen molar-refractivity contribution in [1.29, 1.82) is 0 Å². The fraction of sp³-hybridized carbons (Fsp3) is 0.190. The van der Waals surface area contributed by atoms with E-state index in [1.165, 1.54) is 11.6 Å². The standard InChI is InChI=1S/C57H38F3N3O3S.C6H10.2C4H8.4C2H6/c58-57(59,60)67(64,65)66-55-35-32-49(38-54(55)62(45-19-6-2-7-20-45)47-29-26-40(27-30-47)43-25-24-39-14-10-11-16-42(39)36-43)61(44-17-4-1-5-18-44)48-31-34-53-52(37-48)51-33-28-41-15-12-13-23-50(41)56(51)63(53)46-21-8-3-9-22-46;1-4-6(3)5-2;2*1-3-4-2;4*1-2/h1-38H;4-5H,1H2,2-3H3;2*3-4H,1-2H3;4*1-2H3/b;6-5-;2*4-3-;;;;. The zero-order valence-corrected chi connectivity index (χ0v) is 55.0. The van der Waals surface area contributed by atoms with Crippen LogP contribution in [0.15, 0.2) is 279 Å². The number of aromatic nitrogens is 1. The van der Waals surface area contributed by atoms with E-state index in [9.17, 15) is 21.6 Å². The predicted octanol–water partition coefficient (Wildman–Crippen LogP) is 25.3. The van der Waals surface area contributed by atoms with Gasteiger partial charge < -0.3 is 18.6 Å². The number of hydrogen-bond donors (Lipinski definition) is 0. The molecule has 0 atom stereocenters. The Bertz CT molecular complexity index is 4100. The van der Waals surface area contributed by atoms with Gasteiger partial charge in [-0.1, -0.05) is 244 Å². The minimum atomic E-state index is -6.09. The van der Waals surface area contributed by atoms with Gasteiger partial charge in [0.2, 0.25) is 0 Å². The molecule has 0 aliphatic heterocycles. The fourth-order valence-electron chi connectivity index (χ4n) is 9.13. The van der Waals surface area contributed by atoms with E-state index in [1.54, 1.807) is 29.2 Å². The third kappa shape index (κ3) is 18.3. The number of rotatable bonds is 11. The van der Waals surface area contributed by atoms with Gasteiger partial charge in [0.05, 0.1) is 16.7 Å². The molecule has 0 bridgehead atoms. The third-order valence-electron chi connectivity index (χ3n) is 13.5. The second kappa shape index (κ2) is 36.7. The molecule has 464 valence electrons. The predicted molar refractivity (Wildman–Crippen MR) is 382 cm³/mol. The molecule has 10 aromatic carbocycles. The van der Waals surface area contributed by atoms with Crippen LogP contribution in [0, 0.1) is 0 Å². The minimum absolute atomic E-state index is 0.0594. The van der Waals surface area contributed by atoms with Crippen molar-refractivity contribution in [2.75, 3.05) is 9.80 Å². The number of para-hydroxylation sites is 3. The van der Waals surface area contributed by atoms with Gasteiger partial charge in [-0.15, -0.1) is 0 Å². The van der Waals surface area contributed by atoms with Crippen LogP contribution in [0.1, 0.15) is 96.9 Å². The molecule has 0 N–H and O–H groups in total. The van der Waals surface area contributed by atoms with Crippen LogP contribution in [0.3, 0.4) is 0 Å². The summed E-state index contributed by atoms with van der Waals surface area (Å²) < 4.78 is 75.5. The first kappa shape index (κ1) is 72.1. The summed E-state index contributed by atoms with van der Waals surface area (Å²) in [6.45, 7) is 31.6. The number of alkyl halides is 3. The molecule has 0 amide bonds. The maximum atomic E-state index is 14.1. The number of anilines is 6. The molecule has 6 nitrogen and oxygen atoms in total. The molecule has 0 saturated carbocycles. The third-order valence-corrected chi connectivity index (χ3v) is 14.5. The van der Waals surface area contributed by atoms with Crippen molar-refractivity contribution in [2.24, 2.45) is 0 Å². The molecule has 0 unspecified atom stereocenters. The summed E-state index contributed by atoms with van der Waals surface area (Å²) in [5, 5.41) is 6.42. The Morgan fingerprint density at radius 1 is 0.449 bits per heavy atom. The Morgan fingerprint density at radius 3 is 1.43 bits per heavy atom. The summed E-state index contributed by atoms with van der Waals surface area (Å²) in [7, 11) is -6.09. The summed E-state index contributed by atoms with van der Waals surface area (Å²) >= 11 is 0. The van der Waals surface area contributed by atoms with Gasteiger partial charge in [0, 0.05) is 50.3 Å². The first-order valence-corrected chi connectivity index (χ1v) is 32.0. The number of nitrogens with zero attached hydrogens (tertiary/aromatic N) is 3. The van der Waals surface area contributed by atoms with Crippen molar-refractivity contribution in [3.05, 3.63) is 279 Å². The summed E-state index contributed by atoms with van der Waals surface area (Å²) in [4.78, 5) is 3.71. The molecule has 1 heterocycles. The van der Waals surface area contributed by atoms with Crippen LogP contribution in [-0.2, 0) is 10.1 Å². The van der Waals surface area contributed by atoms with Crippen molar-refractivity contribution in [3.63, 3.8) is 0 Å². The molecule has 0 fully saturated rings. The molecule has 11 rings (SSSR count). The van der Waals surface area contributed by atoms with Crippen molar-refractivity contribution in [1.82, 2.24) is 4.57 Å². The molecular formula is C79H88F3N3O3S. The first-order chi connectivity index (χ1) is 43.2. The Kier molecular flexibility index (Phi) is 29.7. The average Bonchev–Trinajstić information content (AvgIpc) is 1.65. The topological polar surface area (TPSA) is 54.8 Å². The van der Waals surface area contributed by atoms with Gasteiger partial charge >= 0.3 is 15.6 Å². The molecular weight excluding hydrogens is 1130 g/mol. The Balaban J connectivity index is 0.000000677. The van der Waals surface area contributed by atoms with Gasteiger partial charge in [0.25, 0.3) is 0 Å². The number of allylic oxidation sites excluding steroid dienone is 7. The van der Waals surface area contributed by atoms with E-state index < -0.39 is 21.4 Å². The highest BCUT2D eigenvalue weighted by molar-refractivity contribution is 7.88. The Labute approximate surface area is 529 Å². The molecule has 0 radical (unpaired) electrons. The van der Waals surface area contributed by atoms with Crippen molar-refractivity contribution < 1.29 is 25.8 Å². The van der Waals surface area contributed by atoms with Crippen LogP contribution in [-0.4, -0.2) is 18.5 Å². The minimum Gasteiger partial charge on any atom is -0.374 e. The normalized spacial score (nSPS) is 10.9. The smallest absolute Gasteiger partial charge is 0.374 e. The summed E-state index contributed by atoms with van der Waals surface area (Å²) in [6.07, 6.45) is 11.9. The Hall–Kier alpha value is -9.38. The lowest BCUT2D eigenvalue weighted by molar-refractivity contribution is -0.0499. The van der Waals surface area contributed by atoms with Crippen molar-refractivity contribution in [3.8, 4) is 22.6 Å². The molecule has 0 aliphatic carbocycles. The van der Waals surface area contributed by atoms with Crippen molar-refractivity contribution >= 4 is 87.6 Å². The van der Waals surface area contributed by atoms with Crippen LogP contribution in [0.25, 0.3) is 60.2 Å². The molecule has 10 heteroatoms. The highest BCUT2D eigenvalue weighted by Crippen LogP contribution is 2.48. The number of hydrogen-bond acceptors (Lipinski definition) is 5. The maximum Gasteiger partial charge on any atom is 0.534 e. The Morgan fingerprint density at radius 2 is 0.899 bits per heavy atom. The van der Waals surface area contributed by atoms with E-state index in [0.29, 0.717) is 17.1 Å². The summed E-state index contributed by atoms with van der Waals surface area (Å²) in [5.41, 5.74) is 3.71. The lowest BCUT2D eigenvalue weighted by Gasteiger charge is -2.30. The van der Waals surface area contributed by atoms with E-state index in [1.807, 2.05) is 266 Å². The van der Waals surface area contributed by atoms with Crippen molar-refractivity contribution in [2.45, 2.75) is 102 Å². The van der Waals surface area contributed by atoms with Gasteiger partial charge in [-0.2, -0.15) is 21.6 Å². The monoisotopic (exact) mass is 1220 g/mol. The van der Waals surface area contributed by atoms with Crippen LogP contribution < -0.4 is 14.0 Å². The van der Waals surface area contributed by atoms with E-state index in [4.69, 9.17) is 4.18 Å². The van der Waals surface area contributed by atoms with E-state index >= 15 is 0 Å². The molecule has 89 heavy (non-hydrogen) atoms. The quantitative estimate of drug-likeness (QED) is 0.0559. The van der Waals surface area contributed by atoms with Crippen LogP contribution in [0.5, 0.6) is 5.75 Å². The fourth-order valence-corrected chi connectivity index (χ4v) is 9.60. The SMILES string of the molecule is C/C=C\C.C/C=C\C.C=C/C(C)=C\C.CC.CC.CC.CC.O=S(=O)(Oc1ccc(N(c2ccccc2)c2ccc3c(c2)c2ccc4ccccc4c2n3-c2ccccc2)cc1N(c1ccccc1)c1ccc(-c2ccc3ccccc3c2)cc1)C(F)(F)F. The molecule has 11 aromatic rings. The second-order valence-electron chi connectivity index (χ2n) is 18.7. The maximum absolute atomic E-state index is 14.1. The second-order valence-corrected chi connectivity index (χ2v) is 20.2. The average molecular weight is 1220 g/mol. The number of halogens is 3. The molecule has 0 saturated heterocycles. The number of benzene rings is 10. The molecule has 0 aliphatic rings. The van der Waals surface area contributed by atoms with Crippen LogP contribution >= 0.6 is 0 Å². The van der Waals surface area contributed by atoms with E-state index in [-0.39, 0.29) is 5.69 Å². The van der Waals surface area contributed by atoms with Gasteiger partial charge in [-0.3, -0.25) is 0 Å². The van der Waals surface area contributed by atoms with E-state index in [0.717, 1.165) is 71.5 Å². The van der Waals surface area contributed by atoms with Gasteiger partial charge in [0.15, 0.2) is 5.75 Å². The summed E-state index contributed by atoms with van der Waals surface area (Å²) in [5.74, 6) is -0.509. The van der Waals surface area contributed by atoms with E-state index in [2.05, 4.69) is 83.9 Å². The highest BCUT2D eigenvalue weighted by Gasteiger charge is 2.49. The zero-order chi connectivity index (χ0) is 65.5. The van der Waals surface area contributed by atoms with Gasteiger partial charge in [-0.05, 0) is 160 Å². The zero-order valence-electron chi connectivity index (χ0n) is 54.2. The summed E-state index contributed by atoms with van der Waals surface area (Å²) in [6, 6.07) is 74.1. The lowest BCUT2D eigenvalue weighted by atomic mass is 10.0. The van der Waals surface area contributed by atoms with Gasteiger partial charge in [-0.25, -0.2) is 0 Å².